The minimum Gasteiger partial charge on any atom is -0.392 e. The maximum Gasteiger partial charge on any atom is 0.254 e. The van der Waals surface area contributed by atoms with E-state index in [1.165, 1.54) is 0 Å². The van der Waals surface area contributed by atoms with Gasteiger partial charge in [0.25, 0.3) is 5.91 Å². The van der Waals surface area contributed by atoms with Crippen LogP contribution in [0.25, 0.3) is 5.82 Å². The highest BCUT2D eigenvalue weighted by Crippen LogP contribution is 2.12. The molecule has 7 heteroatoms. The smallest absolute Gasteiger partial charge is 0.254 e. The Kier molecular flexibility index (Phi) is 5.22. The van der Waals surface area contributed by atoms with E-state index in [9.17, 15) is 9.90 Å². The maximum absolute atomic E-state index is 12.7. The van der Waals surface area contributed by atoms with Crippen LogP contribution in [0.5, 0.6) is 0 Å². The van der Waals surface area contributed by atoms with Crippen molar-refractivity contribution >= 4 is 5.91 Å². The van der Waals surface area contributed by atoms with Crippen LogP contribution in [0.15, 0.2) is 37.1 Å². The molecule has 128 valence electrons. The van der Waals surface area contributed by atoms with Crippen LogP contribution in [-0.2, 0) is 0 Å². The lowest BCUT2D eigenvalue weighted by atomic mass is 10.2. The minimum atomic E-state index is -0.287. The predicted molar refractivity (Wildman–Crippen MR) is 90.0 cm³/mol. The molecule has 1 N–H and O–H groups in total. The van der Waals surface area contributed by atoms with Crippen LogP contribution in [0, 0.1) is 0 Å². The van der Waals surface area contributed by atoms with Crippen molar-refractivity contribution in [1.82, 2.24) is 24.3 Å². The zero-order valence-corrected chi connectivity index (χ0v) is 13.9. The molecule has 0 saturated carbocycles. The second kappa shape index (κ2) is 7.55. The van der Waals surface area contributed by atoms with Crippen molar-refractivity contribution in [2.75, 3.05) is 32.7 Å². The Balaban J connectivity index is 1.62. The number of aromatic nitrogens is 3. The first-order valence-electron chi connectivity index (χ1n) is 8.31. The number of amides is 1. The van der Waals surface area contributed by atoms with Crippen LogP contribution in [0.3, 0.4) is 0 Å². The number of carbonyl (C=O) groups is 1. The molecule has 0 bridgehead atoms. The number of rotatable bonds is 5. The summed E-state index contributed by atoms with van der Waals surface area (Å²) in [7, 11) is 0. The zero-order chi connectivity index (χ0) is 16.9. The second-order valence-corrected chi connectivity index (χ2v) is 6.03. The standard InChI is InChI=1S/C17H23N5O2/c1-2-15(23)12-20-7-9-21(10-8-20)17(24)14-3-4-19-16(11-14)22-6-5-18-13-22/h3-6,11,13,15,23H,2,7-10,12H2,1H3/t15-/m1/s1. The van der Waals surface area contributed by atoms with Gasteiger partial charge in [-0.15, -0.1) is 0 Å². The van der Waals surface area contributed by atoms with Gasteiger partial charge in [0, 0.05) is 56.9 Å². The molecule has 24 heavy (non-hydrogen) atoms. The third kappa shape index (κ3) is 3.80. The first kappa shape index (κ1) is 16.6. The Bertz CT molecular complexity index is 665. The summed E-state index contributed by atoms with van der Waals surface area (Å²) in [5.74, 6) is 0.706. The van der Waals surface area contributed by atoms with Gasteiger partial charge < -0.3 is 10.0 Å². The highest BCUT2D eigenvalue weighted by atomic mass is 16.3. The SMILES string of the molecule is CC[C@@H](O)CN1CCN(C(=O)c2ccnc(-n3ccnc3)c2)CC1. The van der Waals surface area contributed by atoms with Crippen molar-refractivity contribution in [1.29, 1.82) is 0 Å². The number of hydrogen-bond acceptors (Lipinski definition) is 5. The quantitative estimate of drug-likeness (QED) is 0.878. The van der Waals surface area contributed by atoms with E-state index in [1.54, 1.807) is 41.6 Å². The largest absolute Gasteiger partial charge is 0.392 e. The third-order valence-electron chi connectivity index (χ3n) is 4.36. The summed E-state index contributed by atoms with van der Waals surface area (Å²) < 4.78 is 1.78. The Labute approximate surface area is 141 Å². The highest BCUT2D eigenvalue weighted by Gasteiger charge is 2.23. The lowest BCUT2D eigenvalue weighted by Crippen LogP contribution is -2.50. The molecule has 2 aromatic heterocycles. The third-order valence-corrected chi connectivity index (χ3v) is 4.36. The fourth-order valence-corrected chi connectivity index (χ4v) is 2.83. The fourth-order valence-electron chi connectivity index (χ4n) is 2.83. The van der Waals surface area contributed by atoms with Gasteiger partial charge in [0.2, 0.25) is 0 Å². The summed E-state index contributed by atoms with van der Waals surface area (Å²) in [6.07, 6.45) is 7.26. The molecule has 1 aliphatic heterocycles. The molecule has 3 rings (SSSR count). The minimum absolute atomic E-state index is 0.0226. The number of carbonyl (C=O) groups excluding carboxylic acids is 1. The molecule has 0 radical (unpaired) electrons. The van der Waals surface area contributed by atoms with Crippen molar-refractivity contribution in [2.24, 2.45) is 0 Å². The molecule has 1 aliphatic rings. The van der Waals surface area contributed by atoms with Crippen molar-refractivity contribution in [3.63, 3.8) is 0 Å². The van der Waals surface area contributed by atoms with Gasteiger partial charge in [-0.1, -0.05) is 6.92 Å². The van der Waals surface area contributed by atoms with E-state index < -0.39 is 0 Å². The summed E-state index contributed by atoms with van der Waals surface area (Å²) in [6, 6.07) is 3.53. The van der Waals surface area contributed by atoms with Crippen LogP contribution in [0.4, 0.5) is 0 Å². The lowest BCUT2D eigenvalue weighted by molar-refractivity contribution is 0.0523. The second-order valence-electron chi connectivity index (χ2n) is 6.03. The average Bonchev–Trinajstić information content (AvgIpc) is 3.16. The van der Waals surface area contributed by atoms with Gasteiger partial charge in [0.15, 0.2) is 0 Å². The molecule has 0 aromatic carbocycles. The van der Waals surface area contributed by atoms with E-state index in [0.717, 1.165) is 19.5 Å². The molecule has 0 aliphatic carbocycles. The Morgan fingerprint density at radius 3 is 2.75 bits per heavy atom. The van der Waals surface area contributed by atoms with Crippen molar-refractivity contribution in [2.45, 2.75) is 19.4 Å². The summed E-state index contributed by atoms with van der Waals surface area (Å²) >= 11 is 0. The number of β-amino-alcohol motifs (C(OH)–C–C–N with tert-alkyl or cyclic N) is 1. The molecule has 1 saturated heterocycles. The van der Waals surface area contributed by atoms with Crippen molar-refractivity contribution in [3.8, 4) is 5.82 Å². The maximum atomic E-state index is 12.7. The van der Waals surface area contributed by atoms with Crippen LogP contribution in [-0.4, -0.2) is 74.2 Å². The van der Waals surface area contributed by atoms with Crippen molar-refractivity contribution < 1.29 is 9.90 Å². The number of nitrogens with zero attached hydrogens (tertiary/aromatic N) is 5. The first-order chi connectivity index (χ1) is 11.7. The monoisotopic (exact) mass is 329 g/mol. The van der Waals surface area contributed by atoms with Gasteiger partial charge in [-0.05, 0) is 18.6 Å². The number of aliphatic hydroxyl groups excluding tert-OH is 1. The predicted octanol–water partition coefficient (Wildman–Crippen LogP) is 0.796. The van der Waals surface area contributed by atoms with Crippen LogP contribution < -0.4 is 0 Å². The van der Waals surface area contributed by atoms with E-state index in [0.29, 0.717) is 31.0 Å². The van der Waals surface area contributed by atoms with Crippen LogP contribution in [0.2, 0.25) is 0 Å². The number of hydrogen-bond donors (Lipinski definition) is 1. The van der Waals surface area contributed by atoms with Gasteiger partial charge in [0.05, 0.1) is 6.10 Å². The Hall–Kier alpha value is -2.25. The van der Waals surface area contributed by atoms with E-state index in [1.807, 2.05) is 11.8 Å². The lowest BCUT2D eigenvalue weighted by Gasteiger charge is -2.35. The van der Waals surface area contributed by atoms with E-state index >= 15 is 0 Å². The molecular formula is C17H23N5O2. The molecule has 1 amide bonds. The molecule has 1 atom stereocenters. The highest BCUT2D eigenvalue weighted by molar-refractivity contribution is 5.94. The van der Waals surface area contributed by atoms with Crippen LogP contribution >= 0.6 is 0 Å². The summed E-state index contributed by atoms with van der Waals surface area (Å²) in [4.78, 5) is 25.1. The van der Waals surface area contributed by atoms with E-state index in [-0.39, 0.29) is 12.0 Å². The fraction of sp³-hybridized carbons (Fsp3) is 0.471. The molecule has 0 unspecified atom stereocenters. The molecular weight excluding hydrogens is 306 g/mol. The van der Waals surface area contributed by atoms with Gasteiger partial charge >= 0.3 is 0 Å². The molecule has 0 spiro atoms. The van der Waals surface area contributed by atoms with E-state index in [4.69, 9.17) is 0 Å². The molecule has 2 aromatic rings. The summed E-state index contributed by atoms with van der Waals surface area (Å²) in [6.45, 7) is 5.60. The number of pyridine rings is 1. The number of aliphatic hydroxyl groups is 1. The number of piperazine rings is 1. The summed E-state index contributed by atoms with van der Waals surface area (Å²) in [5.41, 5.74) is 0.635. The normalized spacial score (nSPS) is 17.0. The summed E-state index contributed by atoms with van der Waals surface area (Å²) in [5, 5.41) is 9.75. The average molecular weight is 329 g/mol. The van der Waals surface area contributed by atoms with Crippen molar-refractivity contribution in [3.05, 3.63) is 42.6 Å². The van der Waals surface area contributed by atoms with Gasteiger partial charge in [-0.3, -0.25) is 14.3 Å². The molecule has 1 fully saturated rings. The van der Waals surface area contributed by atoms with Gasteiger partial charge in [-0.25, -0.2) is 9.97 Å². The zero-order valence-electron chi connectivity index (χ0n) is 13.9. The molecule has 7 nitrogen and oxygen atoms in total. The Morgan fingerprint density at radius 2 is 2.08 bits per heavy atom. The van der Waals surface area contributed by atoms with Gasteiger partial charge in [0.1, 0.15) is 12.1 Å². The van der Waals surface area contributed by atoms with E-state index in [2.05, 4.69) is 14.9 Å². The Morgan fingerprint density at radius 1 is 1.29 bits per heavy atom. The molecule has 3 heterocycles. The topological polar surface area (TPSA) is 74.5 Å². The van der Waals surface area contributed by atoms with Gasteiger partial charge in [-0.2, -0.15) is 0 Å². The number of imidazole rings is 1. The van der Waals surface area contributed by atoms with Crippen LogP contribution in [0.1, 0.15) is 23.7 Å². The first-order valence-corrected chi connectivity index (χ1v) is 8.31.